The Balaban J connectivity index is 2.24. The number of hydrogen-bond acceptors (Lipinski definition) is 5. The Labute approximate surface area is 120 Å². The Morgan fingerprint density at radius 3 is 3.05 bits per heavy atom. The third kappa shape index (κ3) is 3.01. The van der Waals surface area contributed by atoms with Crippen molar-refractivity contribution in [1.29, 1.82) is 0 Å². The molecule has 0 spiro atoms. The van der Waals surface area contributed by atoms with Crippen molar-refractivity contribution in [3.05, 3.63) is 23.2 Å². The number of anilines is 1. The van der Waals surface area contributed by atoms with Crippen LogP contribution in [-0.4, -0.2) is 28.9 Å². The molecule has 0 aliphatic heterocycles. The van der Waals surface area contributed by atoms with E-state index in [1.807, 2.05) is 18.4 Å². The molecule has 1 atom stereocenters. The zero-order valence-corrected chi connectivity index (χ0v) is 12.6. The highest BCUT2D eigenvalue weighted by molar-refractivity contribution is 7.98. The van der Waals surface area contributed by atoms with Crippen molar-refractivity contribution >= 4 is 44.9 Å². The summed E-state index contributed by atoms with van der Waals surface area (Å²) in [7, 11) is 0. The maximum Gasteiger partial charge on any atom is 0.263 e. The summed E-state index contributed by atoms with van der Waals surface area (Å²) in [6.07, 6.45) is 4.64. The number of nitrogens with two attached hydrogens (primary N) is 1. The minimum atomic E-state index is -0.0959. The van der Waals surface area contributed by atoms with Crippen molar-refractivity contribution in [2.75, 3.05) is 17.7 Å². The van der Waals surface area contributed by atoms with Crippen molar-refractivity contribution in [3.8, 4) is 0 Å². The highest BCUT2D eigenvalue weighted by Gasteiger charge is 2.19. The van der Waals surface area contributed by atoms with Gasteiger partial charge in [0.25, 0.3) is 5.91 Å². The van der Waals surface area contributed by atoms with E-state index in [2.05, 4.69) is 17.2 Å². The van der Waals surface area contributed by atoms with E-state index < -0.39 is 0 Å². The summed E-state index contributed by atoms with van der Waals surface area (Å²) in [5.41, 5.74) is 7.21. The molecule has 1 unspecified atom stereocenters. The van der Waals surface area contributed by atoms with Crippen LogP contribution in [0, 0.1) is 0 Å². The first-order chi connectivity index (χ1) is 9.17. The summed E-state index contributed by atoms with van der Waals surface area (Å²) in [5, 5.41) is 3.03. The molecule has 3 N–H and O–H groups in total. The fourth-order valence-corrected chi connectivity index (χ4v) is 3.54. The Hall–Kier alpha value is -1.27. The first-order valence-electron chi connectivity index (χ1n) is 6.10. The molecule has 0 radical (unpaired) electrons. The lowest BCUT2D eigenvalue weighted by molar-refractivity contribution is 0.0945. The van der Waals surface area contributed by atoms with Gasteiger partial charge in [0, 0.05) is 18.0 Å². The molecule has 2 aromatic rings. The SMILES string of the molecule is CCC(CSC)NC(=O)c1sc2cccnc2c1N. The third-order valence-corrected chi connectivity index (χ3v) is 4.78. The van der Waals surface area contributed by atoms with Gasteiger partial charge in [-0.15, -0.1) is 11.3 Å². The summed E-state index contributed by atoms with van der Waals surface area (Å²) in [6.45, 7) is 2.07. The minimum Gasteiger partial charge on any atom is -0.396 e. The molecule has 0 fully saturated rings. The lowest BCUT2D eigenvalue weighted by Crippen LogP contribution is -2.36. The van der Waals surface area contributed by atoms with Crippen molar-refractivity contribution in [3.63, 3.8) is 0 Å². The fourth-order valence-electron chi connectivity index (χ4n) is 1.83. The number of carbonyl (C=O) groups excluding carboxylic acids is 1. The van der Waals surface area contributed by atoms with Crippen LogP contribution in [0.25, 0.3) is 10.2 Å². The van der Waals surface area contributed by atoms with E-state index in [0.717, 1.165) is 22.4 Å². The number of nitrogen functional groups attached to an aromatic ring is 1. The van der Waals surface area contributed by atoms with Crippen LogP contribution in [0.5, 0.6) is 0 Å². The molecule has 4 nitrogen and oxygen atoms in total. The van der Waals surface area contributed by atoms with Crippen LogP contribution >= 0.6 is 23.1 Å². The number of nitrogens with one attached hydrogen (secondary N) is 1. The highest BCUT2D eigenvalue weighted by Crippen LogP contribution is 2.31. The van der Waals surface area contributed by atoms with Crippen LogP contribution in [0.3, 0.4) is 0 Å². The number of fused-ring (bicyclic) bond motifs is 1. The van der Waals surface area contributed by atoms with Crippen molar-refractivity contribution in [2.24, 2.45) is 0 Å². The second-order valence-corrected chi connectivity index (χ2v) is 6.19. The quantitative estimate of drug-likeness (QED) is 0.890. The minimum absolute atomic E-state index is 0.0959. The van der Waals surface area contributed by atoms with E-state index >= 15 is 0 Å². The van der Waals surface area contributed by atoms with Gasteiger partial charge in [-0.3, -0.25) is 9.78 Å². The standard InChI is InChI=1S/C13H17N3OS2/c1-3-8(7-18-2)16-13(17)12-10(14)11-9(19-12)5-4-6-15-11/h4-6,8H,3,7,14H2,1-2H3,(H,16,17). The van der Waals surface area contributed by atoms with Gasteiger partial charge in [-0.1, -0.05) is 6.92 Å². The van der Waals surface area contributed by atoms with Crippen molar-refractivity contribution in [2.45, 2.75) is 19.4 Å². The number of carbonyl (C=O) groups is 1. The molecule has 1 amide bonds. The van der Waals surface area contributed by atoms with Crippen LogP contribution in [0.15, 0.2) is 18.3 Å². The summed E-state index contributed by atoms with van der Waals surface area (Å²) in [6, 6.07) is 3.96. The molecule has 0 aliphatic carbocycles. The van der Waals surface area contributed by atoms with E-state index in [1.165, 1.54) is 11.3 Å². The number of nitrogens with zero attached hydrogens (tertiary/aromatic N) is 1. The summed E-state index contributed by atoms with van der Waals surface area (Å²) >= 11 is 3.12. The number of aromatic nitrogens is 1. The van der Waals surface area contributed by atoms with Crippen LogP contribution in [0.2, 0.25) is 0 Å². The van der Waals surface area contributed by atoms with E-state index in [0.29, 0.717) is 10.6 Å². The van der Waals surface area contributed by atoms with Gasteiger partial charge in [-0.2, -0.15) is 11.8 Å². The summed E-state index contributed by atoms with van der Waals surface area (Å²) in [4.78, 5) is 17.0. The predicted octanol–water partition coefficient (Wildman–Crippen LogP) is 2.75. The van der Waals surface area contributed by atoms with Crippen LogP contribution in [-0.2, 0) is 0 Å². The van der Waals surface area contributed by atoms with E-state index in [1.54, 1.807) is 18.0 Å². The average molecular weight is 295 g/mol. The van der Waals surface area contributed by atoms with Gasteiger partial charge in [0.2, 0.25) is 0 Å². The topological polar surface area (TPSA) is 68.0 Å². The molecule has 6 heteroatoms. The largest absolute Gasteiger partial charge is 0.396 e. The lowest BCUT2D eigenvalue weighted by Gasteiger charge is -2.15. The second-order valence-electron chi connectivity index (χ2n) is 4.23. The number of pyridine rings is 1. The van der Waals surface area contributed by atoms with Crippen molar-refractivity contribution in [1.82, 2.24) is 10.3 Å². The molecule has 2 heterocycles. The van der Waals surface area contributed by atoms with Gasteiger partial charge < -0.3 is 11.1 Å². The first-order valence-corrected chi connectivity index (χ1v) is 8.31. The Morgan fingerprint density at radius 1 is 1.63 bits per heavy atom. The zero-order chi connectivity index (χ0) is 13.8. The molecule has 0 saturated heterocycles. The van der Waals surface area contributed by atoms with Crippen molar-refractivity contribution < 1.29 is 4.79 Å². The maximum atomic E-state index is 12.3. The van der Waals surface area contributed by atoms with Crippen LogP contribution < -0.4 is 11.1 Å². The number of thiophene rings is 1. The van der Waals surface area contributed by atoms with Gasteiger partial charge in [-0.25, -0.2) is 0 Å². The number of hydrogen-bond donors (Lipinski definition) is 2. The smallest absolute Gasteiger partial charge is 0.263 e. The van der Waals surface area contributed by atoms with E-state index in [9.17, 15) is 4.79 Å². The molecule has 19 heavy (non-hydrogen) atoms. The van der Waals surface area contributed by atoms with E-state index in [-0.39, 0.29) is 11.9 Å². The average Bonchev–Trinajstić information content (AvgIpc) is 2.76. The molecule has 2 rings (SSSR count). The highest BCUT2D eigenvalue weighted by atomic mass is 32.2. The van der Waals surface area contributed by atoms with Gasteiger partial charge in [0.05, 0.1) is 10.4 Å². The molecular weight excluding hydrogens is 278 g/mol. The molecular formula is C13H17N3OS2. The molecule has 102 valence electrons. The summed E-state index contributed by atoms with van der Waals surface area (Å²) in [5.74, 6) is 0.812. The lowest BCUT2D eigenvalue weighted by atomic mass is 10.2. The molecule has 2 aromatic heterocycles. The number of rotatable bonds is 5. The van der Waals surface area contributed by atoms with E-state index in [4.69, 9.17) is 5.73 Å². The maximum absolute atomic E-state index is 12.3. The summed E-state index contributed by atoms with van der Waals surface area (Å²) < 4.78 is 0.947. The van der Waals surface area contributed by atoms with Gasteiger partial charge in [0.1, 0.15) is 10.4 Å². The van der Waals surface area contributed by atoms with Crippen LogP contribution in [0.4, 0.5) is 5.69 Å². The Morgan fingerprint density at radius 2 is 2.42 bits per heavy atom. The molecule has 0 aliphatic rings. The predicted molar refractivity (Wildman–Crippen MR) is 84.0 cm³/mol. The number of amides is 1. The van der Waals surface area contributed by atoms with Crippen LogP contribution in [0.1, 0.15) is 23.0 Å². The first kappa shape index (κ1) is 14.1. The molecule has 0 saturated carbocycles. The Bertz CT molecular complexity index is 582. The second kappa shape index (κ2) is 6.25. The normalized spacial score (nSPS) is 12.5. The monoisotopic (exact) mass is 295 g/mol. The van der Waals surface area contributed by atoms with Gasteiger partial charge in [0.15, 0.2) is 0 Å². The Kier molecular flexibility index (Phi) is 4.66. The third-order valence-electron chi connectivity index (χ3n) is 2.88. The fraction of sp³-hybridized carbons (Fsp3) is 0.385. The molecule has 0 bridgehead atoms. The molecule has 0 aromatic carbocycles. The van der Waals surface area contributed by atoms with Gasteiger partial charge >= 0.3 is 0 Å². The van der Waals surface area contributed by atoms with Gasteiger partial charge in [-0.05, 0) is 24.8 Å². The number of thioether (sulfide) groups is 1. The zero-order valence-electron chi connectivity index (χ0n) is 11.0.